The number of hydrogen-bond donors (Lipinski definition) is 1. The maximum atomic E-state index is 13.7. The van der Waals surface area contributed by atoms with E-state index in [4.69, 9.17) is 0 Å². The van der Waals surface area contributed by atoms with E-state index in [-0.39, 0.29) is 5.41 Å². The minimum absolute atomic E-state index is 0.00880. The number of hydrogen-bond acceptors (Lipinski definition) is 1. The average molecular weight is 348 g/mol. The second-order valence-electron chi connectivity index (χ2n) is 9.62. The van der Waals surface area contributed by atoms with Gasteiger partial charge in [-0.15, -0.1) is 0 Å². The van der Waals surface area contributed by atoms with Gasteiger partial charge in [-0.3, -0.25) is 4.79 Å². The zero-order valence-corrected chi connectivity index (χ0v) is 15.5. The normalized spacial score (nSPS) is 35.5. The van der Waals surface area contributed by atoms with Gasteiger partial charge in [0.1, 0.15) is 0 Å². The van der Waals surface area contributed by atoms with Crippen molar-refractivity contribution in [2.24, 2.45) is 23.2 Å². The molecule has 1 aromatic carbocycles. The first-order valence-corrected chi connectivity index (χ1v) is 10.6. The van der Waals surface area contributed by atoms with Crippen LogP contribution in [0.2, 0.25) is 0 Å². The summed E-state index contributed by atoms with van der Waals surface area (Å²) in [6.07, 6.45) is 9.74. The summed E-state index contributed by atoms with van der Waals surface area (Å²) in [5.74, 6) is 3.03. The highest BCUT2D eigenvalue weighted by Crippen LogP contribution is 2.60. The molecule has 5 aliphatic rings. The number of aromatic amines is 1. The van der Waals surface area contributed by atoms with Gasteiger partial charge in [0, 0.05) is 36.1 Å². The molecular formula is C23H28N2O. The summed E-state index contributed by atoms with van der Waals surface area (Å²) < 4.78 is 0. The molecule has 0 radical (unpaired) electrons. The fraction of sp³-hybridized carbons (Fsp3) is 0.609. The molecule has 0 atom stereocenters. The molecule has 136 valence electrons. The minimum Gasteiger partial charge on any atom is -0.358 e. The fourth-order valence-electron chi connectivity index (χ4n) is 7.27. The molecule has 4 saturated carbocycles. The van der Waals surface area contributed by atoms with Crippen LogP contribution in [-0.2, 0) is 17.6 Å². The zero-order chi connectivity index (χ0) is 17.3. The number of fused-ring (bicyclic) bond motifs is 3. The Kier molecular flexibility index (Phi) is 3.16. The van der Waals surface area contributed by atoms with Crippen molar-refractivity contribution >= 4 is 16.8 Å². The molecule has 1 aliphatic heterocycles. The number of para-hydroxylation sites is 1. The van der Waals surface area contributed by atoms with Crippen LogP contribution in [0, 0.1) is 23.2 Å². The van der Waals surface area contributed by atoms with Crippen molar-refractivity contribution in [3.05, 3.63) is 35.5 Å². The fourth-order valence-corrected chi connectivity index (χ4v) is 7.27. The molecule has 4 aliphatic carbocycles. The minimum atomic E-state index is 0.00880. The van der Waals surface area contributed by atoms with Crippen LogP contribution < -0.4 is 0 Å². The molecule has 3 nitrogen and oxygen atoms in total. The highest BCUT2D eigenvalue weighted by atomic mass is 16.2. The van der Waals surface area contributed by atoms with Gasteiger partial charge < -0.3 is 9.88 Å². The number of amides is 1. The second kappa shape index (κ2) is 5.37. The number of carbonyl (C=O) groups is 1. The molecular weight excluding hydrogens is 320 g/mol. The van der Waals surface area contributed by atoms with Crippen LogP contribution in [0.4, 0.5) is 0 Å². The molecule has 2 heterocycles. The van der Waals surface area contributed by atoms with E-state index in [9.17, 15) is 4.79 Å². The molecule has 7 rings (SSSR count). The highest BCUT2D eigenvalue weighted by Gasteiger charge is 2.55. The van der Waals surface area contributed by atoms with E-state index >= 15 is 0 Å². The van der Waals surface area contributed by atoms with Crippen LogP contribution in [0.25, 0.3) is 10.9 Å². The summed E-state index contributed by atoms with van der Waals surface area (Å²) in [5.41, 5.74) is 4.06. The van der Waals surface area contributed by atoms with Crippen LogP contribution in [0.3, 0.4) is 0 Å². The predicted molar refractivity (Wildman–Crippen MR) is 103 cm³/mol. The summed E-state index contributed by atoms with van der Waals surface area (Å²) in [4.78, 5) is 19.5. The van der Waals surface area contributed by atoms with Gasteiger partial charge in [-0.25, -0.2) is 0 Å². The van der Waals surface area contributed by atoms with Crippen molar-refractivity contribution in [2.75, 3.05) is 13.1 Å². The molecule has 0 saturated heterocycles. The van der Waals surface area contributed by atoms with Crippen molar-refractivity contribution in [3.63, 3.8) is 0 Å². The lowest BCUT2D eigenvalue weighted by atomic mass is 9.49. The van der Waals surface area contributed by atoms with Crippen molar-refractivity contribution in [1.29, 1.82) is 0 Å². The standard InChI is InChI=1S/C23H28N2O/c26-22(23-12-15-9-16(13-23)11-17(10-15)14-23)25-7-5-19-18-3-1-2-4-20(18)24-21(19)6-8-25/h1-4,15-17,24H,5-14H2. The number of benzene rings is 1. The van der Waals surface area contributed by atoms with Gasteiger partial charge in [0.05, 0.1) is 5.41 Å². The van der Waals surface area contributed by atoms with Crippen LogP contribution in [0.1, 0.15) is 49.8 Å². The first-order valence-electron chi connectivity index (χ1n) is 10.6. The van der Waals surface area contributed by atoms with Gasteiger partial charge in [0.15, 0.2) is 0 Å². The van der Waals surface area contributed by atoms with Gasteiger partial charge >= 0.3 is 0 Å². The Morgan fingerprint density at radius 3 is 2.35 bits per heavy atom. The van der Waals surface area contributed by atoms with Crippen molar-refractivity contribution in [3.8, 4) is 0 Å². The number of aromatic nitrogens is 1. The third kappa shape index (κ3) is 2.15. The molecule has 0 spiro atoms. The first kappa shape index (κ1) is 15.3. The maximum Gasteiger partial charge on any atom is 0.228 e. The van der Waals surface area contributed by atoms with Crippen LogP contribution >= 0.6 is 0 Å². The molecule has 1 amide bonds. The van der Waals surface area contributed by atoms with Gasteiger partial charge in [0.2, 0.25) is 5.91 Å². The predicted octanol–water partition coefficient (Wildman–Crippen LogP) is 4.31. The average Bonchev–Trinajstić information content (AvgIpc) is 2.85. The maximum absolute atomic E-state index is 13.7. The Hall–Kier alpha value is -1.77. The SMILES string of the molecule is O=C(N1CCc2[nH]c3ccccc3c2CC1)C12CC3CC(CC(C3)C1)C2. The summed E-state index contributed by atoms with van der Waals surface area (Å²) in [6, 6.07) is 8.62. The third-order valence-corrected chi connectivity index (χ3v) is 7.94. The van der Waals surface area contributed by atoms with Crippen LogP contribution in [0.5, 0.6) is 0 Å². The van der Waals surface area contributed by atoms with E-state index < -0.39 is 0 Å². The summed E-state index contributed by atoms with van der Waals surface area (Å²) in [7, 11) is 0. The number of nitrogens with zero attached hydrogens (tertiary/aromatic N) is 1. The topological polar surface area (TPSA) is 36.1 Å². The van der Waals surface area contributed by atoms with Gasteiger partial charge in [-0.05, 0) is 74.3 Å². The second-order valence-corrected chi connectivity index (χ2v) is 9.62. The summed E-state index contributed by atoms with van der Waals surface area (Å²) in [5, 5.41) is 1.35. The monoisotopic (exact) mass is 348 g/mol. The first-order chi connectivity index (χ1) is 12.7. The molecule has 26 heavy (non-hydrogen) atoms. The van der Waals surface area contributed by atoms with E-state index in [1.165, 1.54) is 60.7 Å². The van der Waals surface area contributed by atoms with E-state index in [0.29, 0.717) is 5.91 Å². The third-order valence-electron chi connectivity index (χ3n) is 7.94. The highest BCUT2D eigenvalue weighted by molar-refractivity contribution is 5.86. The smallest absolute Gasteiger partial charge is 0.228 e. The van der Waals surface area contributed by atoms with Crippen LogP contribution in [0.15, 0.2) is 24.3 Å². The largest absolute Gasteiger partial charge is 0.358 e. The molecule has 0 unspecified atom stereocenters. The number of nitrogens with one attached hydrogen (secondary N) is 1. The van der Waals surface area contributed by atoms with Gasteiger partial charge in [-0.1, -0.05) is 18.2 Å². The Morgan fingerprint density at radius 1 is 0.962 bits per heavy atom. The number of rotatable bonds is 1. The van der Waals surface area contributed by atoms with Gasteiger partial charge in [-0.2, -0.15) is 0 Å². The zero-order valence-electron chi connectivity index (χ0n) is 15.5. The van der Waals surface area contributed by atoms with Crippen LogP contribution in [-0.4, -0.2) is 28.9 Å². The number of carbonyl (C=O) groups excluding carboxylic acids is 1. The molecule has 4 bridgehead atoms. The summed E-state index contributed by atoms with van der Waals surface area (Å²) >= 11 is 0. The van der Waals surface area contributed by atoms with E-state index in [0.717, 1.165) is 43.7 Å². The molecule has 3 heteroatoms. The lowest BCUT2D eigenvalue weighted by molar-refractivity contribution is -0.157. The van der Waals surface area contributed by atoms with E-state index in [1.807, 2.05) is 0 Å². The van der Waals surface area contributed by atoms with E-state index in [2.05, 4.69) is 34.1 Å². The lowest BCUT2D eigenvalue weighted by Gasteiger charge is -2.56. The van der Waals surface area contributed by atoms with E-state index in [1.54, 1.807) is 0 Å². The molecule has 1 aromatic heterocycles. The Balaban J connectivity index is 1.27. The van der Waals surface area contributed by atoms with Crippen molar-refractivity contribution in [2.45, 2.75) is 51.4 Å². The Labute approximate surface area is 155 Å². The quantitative estimate of drug-likeness (QED) is 0.819. The molecule has 4 fully saturated rings. The van der Waals surface area contributed by atoms with Gasteiger partial charge in [0.25, 0.3) is 0 Å². The lowest BCUT2D eigenvalue weighted by Crippen LogP contribution is -2.55. The van der Waals surface area contributed by atoms with Crippen molar-refractivity contribution in [1.82, 2.24) is 9.88 Å². The Bertz CT molecular complexity index is 844. The number of H-pyrrole nitrogens is 1. The van der Waals surface area contributed by atoms with Crippen molar-refractivity contribution < 1.29 is 4.79 Å². The molecule has 2 aromatic rings. The summed E-state index contributed by atoms with van der Waals surface area (Å²) in [6.45, 7) is 1.79. The Morgan fingerprint density at radius 2 is 1.62 bits per heavy atom. The molecule has 1 N–H and O–H groups in total.